The molecule has 158 valence electrons. The number of hydrogen-bond donors (Lipinski definition) is 0. The Hall–Kier alpha value is -2.34. The number of imidazole rings is 1. The fourth-order valence-corrected chi connectivity index (χ4v) is 4.96. The van der Waals surface area contributed by atoms with E-state index < -0.39 is 0 Å². The molecule has 2 aromatic heterocycles. The molecule has 0 bridgehead atoms. The van der Waals surface area contributed by atoms with Crippen molar-refractivity contribution in [1.82, 2.24) is 19.4 Å². The first-order valence-corrected chi connectivity index (χ1v) is 11.5. The number of hydrogen-bond acceptors (Lipinski definition) is 4. The molecular formula is C24H30N4OS. The molecule has 1 aliphatic heterocycles. The molecule has 6 heteroatoms. The van der Waals surface area contributed by atoms with Crippen LogP contribution in [0.4, 0.5) is 0 Å². The molecule has 0 atom stereocenters. The average molecular weight is 423 g/mol. The van der Waals surface area contributed by atoms with Crippen molar-refractivity contribution in [3.63, 3.8) is 0 Å². The number of fused-ring (bicyclic) bond motifs is 1. The van der Waals surface area contributed by atoms with Gasteiger partial charge in [-0.3, -0.25) is 4.79 Å². The normalized spacial score (nSPS) is 15.7. The van der Waals surface area contributed by atoms with E-state index >= 15 is 0 Å². The highest BCUT2D eigenvalue weighted by Crippen LogP contribution is 2.33. The standard InChI is InChI=1S/C24H30N4OS/c1-17(29)27-13-10-18(11-14-27)16-28-21-9-8-19(30-22-7-5-6-12-25-22)15-20(21)26-23(28)24(2,3)4/h5-9,12,15,18H,10-11,13-14,16H2,1-4H3. The van der Waals surface area contributed by atoms with Gasteiger partial charge in [-0.1, -0.05) is 38.6 Å². The zero-order valence-electron chi connectivity index (χ0n) is 18.3. The van der Waals surface area contributed by atoms with E-state index in [4.69, 9.17) is 4.98 Å². The van der Waals surface area contributed by atoms with Crippen LogP contribution in [0.5, 0.6) is 0 Å². The van der Waals surface area contributed by atoms with E-state index in [1.165, 1.54) is 5.52 Å². The molecule has 1 amide bonds. The van der Waals surface area contributed by atoms with Gasteiger partial charge in [0.15, 0.2) is 0 Å². The number of amides is 1. The van der Waals surface area contributed by atoms with Crippen LogP contribution in [0.25, 0.3) is 11.0 Å². The molecule has 5 nitrogen and oxygen atoms in total. The molecule has 0 spiro atoms. The Balaban J connectivity index is 1.62. The lowest BCUT2D eigenvalue weighted by atomic mass is 9.93. The third kappa shape index (κ3) is 4.53. The van der Waals surface area contributed by atoms with Gasteiger partial charge in [0.25, 0.3) is 0 Å². The first-order chi connectivity index (χ1) is 14.3. The summed E-state index contributed by atoms with van der Waals surface area (Å²) in [4.78, 5) is 24.3. The molecular weight excluding hydrogens is 392 g/mol. The Morgan fingerprint density at radius 2 is 1.93 bits per heavy atom. The fourth-order valence-electron chi connectivity index (χ4n) is 4.15. The Bertz CT molecular complexity index is 1030. The van der Waals surface area contributed by atoms with E-state index in [1.54, 1.807) is 18.7 Å². The molecule has 30 heavy (non-hydrogen) atoms. The summed E-state index contributed by atoms with van der Waals surface area (Å²) < 4.78 is 2.42. The smallest absolute Gasteiger partial charge is 0.219 e. The van der Waals surface area contributed by atoms with Crippen LogP contribution in [-0.2, 0) is 16.8 Å². The van der Waals surface area contributed by atoms with E-state index in [0.29, 0.717) is 5.92 Å². The van der Waals surface area contributed by atoms with E-state index in [9.17, 15) is 4.79 Å². The molecule has 4 rings (SSSR count). The zero-order chi connectivity index (χ0) is 21.3. The van der Waals surface area contributed by atoms with Crippen molar-refractivity contribution in [1.29, 1.82) is 0 Å². The number of nitrogens with zero attached hydrogens (tertiary/aromatic N) is 4. The average Bonchev–Trinajstić information content (AvgIpc) is 3.07. The van der Waals surface area contributed by atoms with Crippen LogP contribution in [0.15, 0.2) is 52.5 Å². The highest BCUT2D eigenvalue weighted by Gasteiger charge is 2.27. The molecule has 0 N–H and O–H groups in total. The van der Waals surface area contributed by atoms with Crippen molar-refractivity contribution in [3.8, 4) is 0 Å². The first-order valence-electron chi connectivity index (χ1n) is 10.7. The summed E-state index contributed by atoms with van der Waals surface area (Å²) in [6, 6.07) is 12.5. The van der Waals surface area contributed by atoms with Gasteiger partial charge in [-0.2, -0.15) is 0 Å². The minimum Gasteiger partial charge on any atom is -0.343 e. The summed E-state index contributed by atoms with van der Waals surface area (Å²) in [6.45, 7) is 11.0. The summed E-state index contributed by atoms with van der Waals surface area (Å²) in [5, 5.41) is 0.990. The summed E-state index contributed by atoms with van der Waals surface area (Å²) in [5.74, 6) is 1.89. The van der Waals surface area contributed by atoms with Crippen LogP contribution in [0.1, 0.15) is 46.4 Å². The molecule has 3 aromatic rings. The Morgan fingerprint density at radius 1 is 1.17 bits per heavy atom. The van der Waals surface area contributed by atoms with Crippen LogP contribution in [0.3, 0.4) is 0 Å². The second kappa shape index (κ2) is 8.42. The maximum absolute atomic E-state index is 11.7. The number of carbonyl (C=O) groups is 1. The summed E-state index contributed by atoms with van der Waals surface area (Å²) >= 11 is 1.67. The zero-order valence-corrected chi connectivity index (χ0v) is 19.1. The third-order valence-corrected chi connectivity index (χ3v) is 6.69. The topological polar surface area (TPSA) is 51.0 Å². The fraction of sp³-hybridized carbons (Fsp3) is 0.458. The second-order valence-corrected chi connectivity index (χ2v) is 10.3. The van der Waals surface area contributed by atoms with Gasteiger partial charge in [-0.15, -0.1) is 0 Å². The Kier molecular flexibility index (Phi) is 5.87. The SMILES string of the molecule is CC(=O)N1CCC(Cn2c(C(C)(C)C)nc3cc(Sc4ccccn4)ccc32)CC1. The van der Waals surface area contributed by atoms with Crippen LogP contribution >= 0.6 is 11.8 Å². The maximum atomic E-state index is 11.7. The molecule has 1 saturated heterocycles. The lowest BCUT2D eigenvalue weighted by Gasteiger charge is -2.32. The lowest BCUT2D eigenvalue weighted by Crippen LogP contribution is -2.38. The van der Waals surface area contributed by atoms with Crippen LogP contribution < -0.4 is 0 Å². The van der Waals surface area contributed by atoms with Gasteiger partial charge in [0.2, 0.25) is 5.91 Å². The third-order valence-electron chi connectivity index (χ3n) is 5.75. The molecule has 1 aromatic carbocycles. The minimum atomic E-state index is -0.0343. The Morgan fingerprint density at radius 3 is 2.57 bits per heavy atom. The van der Waals surface area contributed by atoms with Gasteiger partial charge in [-0.05, 0) is 49.1 Å². The van der Waals surface area contributed by atoms with Gasteiger partial charge in [0.1, 0.15) is 10.9 Å². The number of carbonyl (C=O) groups excluding carboxylic acids is 1. The van der Waals surface area contributed by atoms with Crippen molar-refractivity contribution in [2.45, 2.75) is 62.4 Å². The molecule has 0 saturated carbocycles. The molecule has 1 aliphatic rings. The number of rotatable bonds is 4. The summed E-state index contributed by atoms with van der Waals surface area (Å²) in [5.41, 5.74) is 2.20. The maximum Gasteiger partial charge on any atom is 0.219 e. The second-order valence-electron chi connectivity index (χ2n) is 9.17. The summed E-state index contributed by atoms with van der Waals surface area (Å²) in [6.07, 6.45) is 3.93. The van der Waals surface area contributed by atoms with Crippen molar-refractivity contribution in [3.05, 3.63) is 48.4 Å². The van der Waals surface area contributed by atoms with Crippen molar-refractivity contribution >= 4 is 28.7 Å². The molecule has 0 radical (unpaired) electrons. The van der Waals surface area contributed by atoms with Gasteiger partial charge >= 0.3 is 0 Å². The van der Waals surface area contributed by atoms with E-state index in [2.05, 4.69) is 48.5 Å². The molecule has 1 fully saturated rings. The van der Waals surface area contributed by atoms with Crippen molar-refractivity contribution < 1.29 is 4.79 Å². The van der Waals surface area contributed by atoms with Gasteiger partial charge in [0.05, 0.1) is 11.0 Å². The van der Waals surface area contributed by atoms with E-state index in [0.717, 1.165) is 53.7 Å². The number of piperidine rings is 1. The van der Waals surface area contributed by atoms with Crippen molar-refractivity contribution in [2.75, 3.05) is 13.1 Å². The largest absolute Gasteiger partial charge is 0.343 e. The summed E-state index contributed by atoms with van der Waals surface area (Å²) in [7, 11) is 0. The van der Waals surface area contributed by atoms with Crippen LogP contribution in [0, 0.1) is 5.92 Å². The van der Waals surface area contributed by atoms with Crippen LogP contribution in [-0.4, -0.2) is 38.4 Å². The minimum absolute atomic E-state index is 0.0343. The Labute approximate surface area is 182 Å². The number of likely N-dealkylation sites (tertiary alicyclic amines) is 1. The molecule has 3 heterocycles. The quantitative estimate of drug-likeness (QED) is 0.584. The van der Waals surface area contributed by atoms with Gasteiger partial charge in [0, 0.05) is 43.1 Å². The predicted molar refractivity (Wildman–Crippen MR) is 122 cm³/mol. The van der Waals surface area contributed by atoms with Gasteiger partial charge < -0.3 is 9.47 Å². The van der Waals surface area contributed by atoms with Crippen LogP contribution in [0.2, 0.25) is 0 Å². The highest BCUT2D eigenvalue weighted by molar-refractivity contribution is 7.99. The number of aromatic nitrogens is 3. The monoisotopic (exact) mass is 422 g/mol. The highest BCUT2D eigenvalue weighted by atomic mass is 32.2. The van der Waals surface area contributed by atoms with Gasteiger partial charge in [-0.25, -0.2) is 9.97 Å². The first kappa shape index (κ1) is 20.9. The van der Waals surface area contributed by atoms with Crippen molar-refractivity contribution in [2.24, 2.45) is 5.92 Å². The predicted octanol–water partition coefficient (Wildman–Crippen LogP) is 5.14. The lowest BCUT2D eigenvalue weighted by molar-refractivity contribution is -0.130. The molecule has 0 unspecified atom stereocenters. The van der Waals surface area contributed by atoms with E-state index in [-0.39, 0.29) is 11.3 Å². The molecule has 0 aliphatic carbocycles. The number of pyridine rings is 1. The van der Waals surface area contributed by atoms with E-state index in [1.807, 2.05) is 29.3 Å². The number of benzene rings is 1.